The van der Waals surface area contributed by atoms with Gasteiger partial charge in [0.2, 0.25) is 0 Å². The van der Waals surface area contributed by atoms with Crippen LogP contribution in [0.1, 0.15) is 39.1 Å². The molecule has 1 atom stereocenters. The average Bonchev–Trinajstić information content (AvgIpc) is 3.16. The van der Waals surface area contributed by atoms with Gasteiger partial charge >= 0.3 is 0 Å². The normalized spacial score (nSPS) is 16.3. The van der Waals surface area contributed by atoms with Crippen molar-refractivity contribution in [3.8, 4) is 0 Å². The summed E-state index contributed by atoms with van der Waals surface area (Å²) in [6.07, 6.45) is 2.06. The van der Waals surface area contributed by atoms with E-state index < -0.39 is 0 Å². The molecule has 0 aromatic heterocycles. The molecule has 5 nitrogen and oxygen atoms in total. The van der Waals surface area contributed by atoms with Gasteiger partial charge in [-0.3, -0.25) is 9.59 Å². The second-order valence-corrected chi connectivity index (χ2v) is 7.16. The van der Waals surface area contributed by atoms with Crippen molar-refractivity contribution in [2.75, 3.05) is 18.5 Å². The second-order valence-electron chi connectivity index (χ2n) is 6.31. The molecule has 1 fully saturated rings. The molecule has 1 aliphatic heterocycles. The highest BCUT2D eigenvalue weighted by Crippen LogP contribution is 2.20. The first kappa shape index (κ1) is 18.6. The van der Waals surface area contributed by atoms with Crippen LogP contribution in [0.2, 0.25) is 0 Å². The second kappa shape index (κ2) is 8.47. The Morgan fingerprint density at radius 2 is 2.00 bits per heavy atom. The molecule has 1 aliphatic rings. The van der Waals surface area contributed by atoms with Crippen LogP contribution in [0, 0.1) is 6.92 Å². The van der Waals surface area contributed by atoms with E-state index in [1.54, 1.807) is 36.4 Å². The third-order valence-electron chi connectivity index (χ3n) is 4.37. The minimum Gasteiger partial charge on any atom is -0.376 e. The van der Waals surface area contributed by atoms with Gasteiger partial charge in [0, 0.05) is 23.2 Å². The molecule has 6 heteroatoms. The van der Waals surface area contributed by atoms with E-state index in [2.05, 4.69) is 26.6 Å². The number of hydrogen-bond acceptors (Lipinski definition) is 3. The van der Waals surface area contributed by atoms with Crippen LogP contribution in [0.25, 0.3) is 0 Å². The summed E-state index contributed by atoms with van der Waals surface area (Å²) in [7, 11) is 0. The molecule has 1 heterocycles. The third-order valence-corrected chi connectivity index (χ3v) is 5.22. The maximum Gasteiger partial charge on any atom is 0.255 e. The smallest absolute Gasteiger partial charge is 0.255 e. The van der Waals surface area contributed by atoms with Gasteiger partial charge in [0.05, 0.1) is 17.4 Å². The molecule has 1 saturated heterocycles. The molecule has 26 heavy (non-hydrogen) atoms. The van der Waals surface area contributed by atoms with Gasteiger partial charge < -0.3 is 15.4 Å². The summed E-state index contributed by atoms with van der Waals surface area (Å²) in [5.74, 6) is -0.480. The molecule has 2 aromatic carbocycles. The first-order valence-electron chi connectivity index (χ1n) is 8.61. The molecule has 3 rings (SSSR count). The molecule has 0 bridgehead atoms. The van der Waals surface area contributed by atoms with Crippen LogP contribution in [0.5, 0.6) is 0 Å². The number of halogens is 1. The number of anilines is 1. The number of para-hydroxylation sites is 1. The molecular formula is C20H21BrN2O3. The zero-order valence-electron chi connectivity index (χ0n) is 14.5. The van der Waals surface area contributed by atoms with E-state index in [1.807, 2.05) is 13.0 Å². The van der Waals surface area contributed by atoms with E-state index in [4.69, 9.17) is 4.74 Å². The Kier molecular flexibility index (Phi) is 6.06. The number of hydrogen-bond donors (Lipinski definition) is 2. The molecule has 0 aliphatic carbocycles. The summed E-state index contributed by atoms with van der Waals surface area (Å²) in [6.45, 7) is 3.19. The van der Waals surface area contributed by atoms with Gasteiger partial charge in [0.15, 0.2) is 0 Å². The molecule has 0 radical (unpaired) electrons. The number of benzene rings is 2. The lowest BCUT2D eigenvalue weighted by atomic mass is 10.1. The standard InChI is InChI=1S/C20H21BrN2O3/c1-13-8-9-14(11-17(13)21)19(24)23-18-7-3-2-6-16(18)20(25)22-12-15-5-4-10-26-15/h2-3,6-9,11,15H,4-5,10,12H2,1H3,(H,22,25)(H,23,24). The summed E-state index contributed by atoms with van der Waals surface area (Å²) in [6, 6.07) is 12.4. The van der Waals surface area contributed by atoms with Crippen molar-refractivity contribution in [3.63, 3.8) is 0 Å². The Labute approximate surface area is 161 Å². The van der Waals surface area contributed by atoms with Crippen LogP contribution in [0.4, 0.5) is 5.69 Å². The van der Waals surface area contributed by atoms with Gasteiger partial charge in [-0.15, -0.1) is 0 Å². The number of rotatable bonds is 5. The first-order chi connectivity index (χ1) is 12.5. The molecular weight excluding hydrogens is 396 g/mol. The molecule has 2 aromatic rings. The van der Waals surface area contributed by atoms with Gasteiger partial charge in [-0.1, -0.05) is 34.1 Å². The first-order valence-corrected chi connectivity index (χ1v) is 9.40. The Balaban J connectivity index is 1.70. The molecule has 0 spiro atoms. The van der Waals surface area contributed by atoms with Crippen LogP contribution in [0.3, 0.4) is 0 Å². The summed E-state index contributed by atoms with van der Waals surface area (Å²) in [5, 5.41) is 5.72. The summed E-state index contributed by atoms with van der Waals surface area (Å²) in [4.78, 5) is 25.0. The van der Waals surface area contributed by atoms with Crippen molar-refractivity contribution in [1.29, 1.82) is 0 Å². The molecule has 136 valence electrons. The number of amides is 2. The topological polar surface area (TPSA) is 67.4 Å². The van der Waals surface area contributed by atoms with Crippen LogP contribution < -0.4 is 10.6 Å². The predicted octanol–water partition coefficient (Wildman–Crippen LogP) is 3.92. The summed E-state index contributed by atoms with van der Waals surface area (Å²) >= 11 is 3.43. The highest BCUT2D eigenvalue weighted by molar-refractivity contribution is 9.10. The van der Waals surface area contributed by atoms with Crippen LogP contribution in [-0.4, -0.2) is 31.1 Å². The fourth-order valence-electron chi connectivity index (χ4n) is 2.83. The Hall–Kier alpha value is -2.18. The minimum atomic E-state index is -0.259. The number of ether oxygens (including phenoxy) is 1. The van der Waals surface area contributed by atoms with E-state index in [9.17, 15) is 9.59 Å². The highest BCUT2D eigenvalue weighted by Gasteiger charge is 2.18. The molecule has 1 unspecified atom stereocenters. The van der Waals surface area contributed by atoms with E-state index >= 15 is 0 Å². The number of nitrogens with one attached hydrogen (secondary N) is 2. The highest BCUT2D eigenvalue weighted by atomic mass is 79.9. The largest absolute Gasteiger partial charge is 0.376 e. The molecule has 2 N–H and O–H groups in total. The molecule has 0 saturated carbocycles. The van der Waals surface area contributed by atoms with E-state index in [0.717, 1.165) is 29.5 Å². The minimum absolute atomic E-state index is 0.0746. The van der Waals surface area contributed by atoms with E-state index in [-0.39, 0.29) is 17.9 Å². The van der Waals surface area contributed by atoms with Crippen molar-refractivity contribution >= 4 is 33.4 Å². The van der Waals surface area contributed by atoms with Crippen molar-refractivity contribution in [2.24, 2.45) is 0 Å². The zero-order chi connectivity index (χ0) is 18.5. The number of carbonyl (C=O) groups is 2. The van der Waals surface area contributed by atoms with Crippen molar-refractivity contribution < 1.29 is 14.3 Å². The van der Waals surface area contributed by atoms with Gasteiger partial charge in [-0.05, 0) is 49.6 Å². The fraction of sp³-hybridized carbons (Fsp3) is 0.300. The Bertz CT molecular complexity index is 816. The quantitative estimate of drug-likeness (QED) is 0.775. The van der Waals surface area contributed by atoms with Crippen LogP contribution in [0.15, 0.2) is 46.9 Å². The van der Waals surface area contributed by atoms with Crippen LogP contribution >= 0.6 is 15.9 Å². The monoisotopic (exact) mass is 416 g/mol. The SMILES string of the molecule is Cc1ccc(C(=O)Nc2ccccc2C(=O)NCC2CCCO2)cc1Br. The maximum atomic E-state index is 12.5. The number of aryl methyl sites for hydroxylation is 1. The fourth-order valence-corrected chi connectivity index (χ4v) is 3.20. The Morgan fingerprint density at radius 1 is 1.19 bits per heavy atom. The van der Waals surface area contributed by atoms with Crippen molar-refractivity contribution in [2.45, 2.75) is 25.9 Å². The lowest BCUT2D eigenvalue weighted by Gasteiger charge is -2.14. The maximum absolute atomic E-state index is 12.5. The van der Waals surface area contributed by atoms with Gasteiger partial charge in [-0.25, -0.2) is 0 Å². The third kappa shape index (κ3) is 4.51. The van der Waals surface area contributed by atoms with E-state index in [0.29, 0.717) is 23.4 Å². The summed E-state index contributed by atoms with van der Waals surface area (Å²) < 4.78 is 6.39. The van der Waals surface area contributed by atoms with E-state index in [1.165, 1.54) is 0 Å². The summed E-state index contributed by atoms with van der Waals surface area (Å²) in [5.41, 5.74) is 2.50. The van der Waals surface area contributed by atoms with Gasteiger partial charge in [0.1, 0.15) is 0 Å². The lowest BCUT2D eigenvalue weighted by molar-refractivity contribution is 0.0858. The van der Waals surface area contributed by atoms with Crippen LogP contribution in [-0.2, 0) is 4.74 Å². The lowest BCUT2D eigenvalue weighted by Crippen LogP contribution is -2.32. The zero-order valence-corrected chi connectivity index (χ0v) is 16.1. The van der Waals surface area contributed by atoms with Crippen molar-refractivity contribution in [1.82, 2.24) is 5.32 Å². The van der Waals surface area contributed by atoms with Gasteiger partial charge in [0.25, 0.3) is 11.8 Å². The predicted molar refractivity (Wildman–Crippen MR) is 105 cm³/mol. The van der Waals surface area contributed by atoms with Gasteiger partial charge in [-0.2, -0.15) is 0 Å². The average molecular weight is 417 g/mol. The Morgan fingerprint density at radius 3 is 2.73 bits per heavy atom. The molecule has 2 amide bonds. The van der Waals surface area contributed by atoms with Crippen molar-refractivity contribution in [3.05, 3.63) is 63.6 Å². The number of carbonyl (C=O) groups excluding carboxylic acids is 2.